The first-order chi connectivity index (χ1) is 12.4. The molecule has 0 saturated carbocycles. The molecule has 0 fully saturated rings. The largest absolute Gasteiger partial charge is 0.497 e. The molecule has 2 atom stereocenters. The Morgan fingerprint density at radius 3 is 2.58 bits per heavy atom. The monoisotopic (exact) mass is 397 g/mol. The quantitative estimate of drug-likeness (QED) is 0.793. The number of methoxy groups -OCH3 is 1. The number of aliphatic hydroxyl groups excluding tert-OH is 1. The van der Waals surface area contributed by atoms with Crippen molar-refractivity contribution in [1.82, 2.24) is 4.31 Å². The lowest BCUT2D eigenvalue weighted by molar-refractivity contribution is -0.142. The van der Waals surface area contributed by atoms with Crippen molar-refractivity contribution in [2.75, 3.05) is 20.3 Å². The van der Waals surface area contributed by atoms with Crippen molar-refractivity contribution in [3.05, 3.63) is 46.2 Å². The number of ether oxygens (including phenoxy) is 1. The van der Waals surface area contributed by atoms with Gasteiger partial charge in [0, 0.05) is 17.3 Å². The Balaban J connectivity index is 2.06. The van der Waals surface area contributed by atoms with Gasteiger partial charge in [0.2, 0.25) is 10.0 Å². The van der Waals surface area contributed by atoms with Gasteiger partial charge in [0.1, 0.15) is 11.8 Å². The molecule has 140 valence electrons. The maximum Gasteiger partial charge on any atom is 0.322 e. The maximum atomic E-state index is 13.1. The number of aliphatic carboxylic acids is 1. The van der Waals surface area contributed by atoms with E-state index in [0.29, 0.717) is 17.7 Å². The summed E-state index contributed by atoms with van der Waals surface area (Å²) < 4.78 is 32.3. The molecule has 3 rings (SSSR count). The number of nitrogens with zero attached hydrogens (tertiary/aromatic N) is 1. The fraction of sp³-hybridized carbons (Fsp3) is 0.353. The molecule has 2 heterocycles. The van der Waals surface area contributed by atoms with Gasteiger partial charge in [-0.3, -0.25) is 4.79 Å². The van der Waals surface area contributed by atoms with Crippen LogP contribution in [0.15, 0.2) is 40.6 Å². The van der Waals surface area contributed by atoms with E-state index in [2.05, 4.69) is 0 Å². The van der Waals surface area contributed by atoms with Gasteiger partial charge in [-0.2, -0.15) is 4.31 Å². The molecule has 1 aromatic carbocycles. The second-order valence-electron chi connectivity index (χ2n) is 5.91. The van der Waals surface area contributed by atoms with Crippen LogP contribution in [0.4, 0.5) is 0 Å². The van der Waals surface area contributed by atoms with E-state index in [0.717, 1.165) is 9.18 Å². The average molecular weight is 397 g/mol. The molecule has 0 radical (unpaired) electrons. The summed E-state index contributed by atoms with van der Waals surface area (Å²) in [5, 5.41) is 21.4. The number of hydrogen-bond donors (Lipinski definition) is 2. The zero-order valence-electron chi connectivity index (χ0n) is 14.0. The molecule has 2 unspecified atom stereocenters. The summed E-state index contributed by atoms with van der Waals surface area (Å²) in [5.74, 6) is -1.59. The molecular weight excluding hydrogens is 378 g/mol. The van der Waals surface area contributed by atoms with Crippen molar-refractivity contribution in [1.29, 1.82) is 0 Å². The molecule has 2 N–H and O–H groups in total. The number of carbonyl (C=O) groups is 1. The average Bonchev–Trinajstić information content (AvgIpc) is 3.02. The maximum absolute atomic E-state index is 13.1. The van der Waals surface area contributed by atoms with E-state index >= 15 is 0 Å². The van der Waals surface area contributed by atoms with Crippen LogP contribution in [0.1, 0.15) is 16.4 Å². The number of rotatable bonds is 5. The highest BCUT2D eigenvalue weighted by atomic mass is 32.2. The number of thiophene rings is 1. The predicted octanol–water partition coefficient (Wildman–Crippen LogP) is 1.53. The minimum Gasteiger partial charge on any atom is -0.497 e. The van der Waals surface area contributed by atoms with Gasteiger partial charge in [0.15, 0.2) is 0 Å². The summed E-state index contributed by atoms with van der Waals surface area (Å²) in [5.41, 5.74) is 0.706. The van der Waals surface area contributed by atoms with Gasteiger partial charge in [-0.25, -0.2) is 8.42 Å². The highest BCUT2D eigenvalue weighted by molar-refractivity contribution is 7.89. The van der Waals surface area contributed by atoms with Crippen LogP contribution in [0.3, 0.4) is 0 Å². The fourth-order valence-electron chi connectivity index (χ4n) is 3.25. The highest BCUT2D eigenvalue weighted by Gasteiger charge is 2.44. The first-order valence-electron chi connectivity index (χ1n) is 7.96. The molecule has 1 aromatic heterocycles. The minimum atomic E-state index is -4.05. The first-order valence-corrected chi connectivity index (χ1v) is 10.3. The molecule has 1 aliphatic heterocycles. The number of benzene rings is 1. The van der Waals surface area contributed by atoms with Crippen LogP contribution in [0.5, 0.6) is 5.75 Å². The predicted molar refractivity (Wildman–Crippen MR) is 96.2 cm³/mol. The third-order valence-electron chi connectivity index (χ3n) is 4.55. The van der Waals surface area contributed by atoms with Gasteiger partial charge in [-0.05, 0) is 47.7 Å². The Morgan fingerprint density at radius 1 is 1.31 bits per heavy atom. The third kappa shape index (κ3) is 3.23. The smallest absolute Gasteiger partial charge is 0.322 e. The zero-order chi connectivity index (χ0) is 18.9. The molecule has 0 saturated heterocycles. The van der Waals surface area contributed by atoms with E-state index in [-0.39, 0.29) is 11.4 Å². The van der Waals surface area contributed by atoms with Gasteiger partial charge in [0.05, 0.1) is 18.6 Å². The van der Waals surface area contributed by atoms with E-state index < -0.39 is 34.6 Å². The van der Waals surface area contributed by atoms with E-state index in [4.69, 9.17) is 4.74 Å². The van der Waals surface area contributed by atoms with Crippen LogP contribution >= 0.6 is 11.3 Å². The number of carboxylic acid groups (broad SMARTS) is 1. The van der Waals surface area contributed by atoms with E-state index in [1.807, 2.05) is 5.38 Å². The highest BCUT2D eigenvalue weighted by Crippen LogP contribution is 2.36. The lowest BCUT2D eigenvalue weighted by Crippen LogP contribution is -2.48. The van der Waals surface area contributed by atoms with Gasteiger partial charge < -0.3 is 14.9 Å². The Hall–Kier alpha value is -1.94. The van der Waals surface area contributed by atoms with Crippen molar-refractivity contribution in [3.63, 3.8) is 0 Å². The lowest BCUT2D eigenvalue weighted by Gasteiger charge is -2.30. The summed E-state index contributed by atoms with van der Waals surface area (Å²) in [6.07, 6.45) is 0.405. The Morgan fingerprint density at radius 2 is 2.00 bits per heavy atom. The molecule has 2 aromatic rings. The minimum absolute atomic E-state index is 0.00788. The van der Waals surface area contributed by atoms with Gasteiger partial charge in [0.25, 0.3) is 0 Å². The van der Waals surface area contributed by atoms with Crippen molar-refractivity contribution >= 4 is 27.3 Å². The van der Waals surface area contributed by atoms with Crippen molar-refractivity contribution in [2.24, 2.45) is 0 Å². The summed E-state index contributed by atoms with van der Waals surface area (Å²) in [6.45, 7) is -0.412. The molecule has 1 aliphatic rings. The summed E-state index contributed by atoms with van der Waals surface area (Å²) in [4.78, 5) is 12.9. The Bertz CT molecular complexity index is 890. The Kier molecular flexibility index (Phi) is 5.33. The van der Waals surface area contributed by atoms with Crippen LogP contribution in [0.25, 0.3) is 0 Å². The normalized spacial score (nSPS) is 21.0. The third-order valence-corrected chi connectivity index (χ3v) is 7.44. The molecule has 0 aliphatic carbocycles. The van der Waals surface area contributed by atoms with Crippen molar-refractivity contribution in [2.45, 2.75) is 23.3 Å². The number of aliphatic hydroxyl groups is 1. The van der Waals surface area contributed by atoms with Crippen LogP contribution in [-0.4, -0.2) is 55.2 Å². The van der Waals surface area contributed by atoms with Crippen LogP contribution < -0.4 is 4.74 Å². The van der Waals surface area contributed by atoms with Crippen molar-refractivity contribution in [3.8, 4) is 5.75 Å². The molecule has 0 amide bonds. The summed E-state index contributed by atoms with van der Waals surface area (Å²) >= 11 is 1.44. The number of hydrogen-bond acceptors (Lipinski definition) is 6. The SMILES string of the molecule is COc1ccc(S(=O)(=O)N2CCc3sccc3C(CO)C2C(=O)O)cc1. The molecule has 0 bridgehead atoms. The van der Waals surface area contributed by atoms with Crippen LogP contribution in [0.2, 0.25) is 0 Å². The molecule has 9 heteroatoms. The molecule has 7 nitrogen and oxygen atoms in total. The standard InChI is InChI=1S/C17H19NO6S2/c1-24-11-2-4-12(5-3-11)26(22,23)18-8-6-15-13(7-9-25-15)14(10-19)16(18)17(20)21/h2-5,7,9,14,16,19H,6,8,10H2,1H3,(H,20,21). The molecule has 0 spiro atoms. The zero-order valence-corrected chi connectivity index (χ0v) is 15.7. The number of fused-ring (bicyclic) bond motifs is 1. The Labute approximate surface area is 155 Å². The van der Waals surface area contributed by atoms with Gasteiger partial charge in [-0.15, -0.1) is 11.3 Å². The fourth-order valence-corrected chi connectivity index (χ4v) is 5.81. The van der Waals surface area contributed by atoms with Crippen LogP contribution in [-0.2, 0) is 21.2 Å². The summed E-state index contributed by atoms with van der Waals surface area (Å²) in [7, 11) is -2.58. The lowest BCUT2D eigenvalue weighted by atomic mass is 9.93. The number of carboxylic acids is 1. The van der Waals surface area contributed by atoms with E-state index in [9.17, 15) is 23.4 Å². The second kappa shape index (κ2) is 7.36. The van der Waals surface area contributed by atoms with Gasteiger partial charge in [-0.1, -0.05) is 0 Å². The van der Waals surface area contributed by atoms with E-state index in [1.165, 1.54) is 42.7 Å². The topological polar surface area (TPSA) is 104 Å². The summed E-state index contributed by atoms with van der Waals surface area (Å²) in [6, 6.07) is 6.20. The molecule has 26 heavy (non-hydrogen) atoms. The second-order valence-corrected chi connectivity index (χ2v) is 8.80. The molecular formula is C17H19NO6S2. The van der Waals surface area contributed by atoms with Crippen LogP contribution in [0, 0.1) is 0 Å². The van der Waals surface area contributed by atoms with E-state index in [1.54, 1.807) is 6.07 Å². The van der Waals surface area contributed by atoms with Gasteiger partial charge >= 0.3 is 5.97 Å². The first kappa shape index (κ1) is 18.8. The van der Waals surface area contributed by atoms with Crippen molar-refractivity contribution < 1.29 is 28.2 Å². The number of sulfonamides is 1.